The number of hydrogen-bond donors (Lipinski definition) is 0. The number of hydrogen-bond acceptors (Lipinski definition) is 1. The third-order valence-electron chi connectivity index (χ3n) is 3.89. The van der Waals surface area contributed by atoms with Crippen molar-refractivity contribution in [2.75, 3.05) is 11.4 Å². The van der Waals surface area contributed by atoms with Crippen molar-refractivity contribution in [1.29, 1.82) is 0 Å². The molecule has 2 heteroatoms. The molecule has 0 N–H and O–H groups in total. The average molecular weight is 259 g/mol. The summed E-state index contributed by atoms with van der Waals surface area (Å²) in [7, 11) is 0. The third kappa shape index (κ3) is 4.70. The van der Waals surface area contributed by atoms with Gasteiger partial charge in [-0.3, -0.25) is 4.79 Å². The predicted octanol–water partition coefficient (Wildman–Crippen LogP) is 4.54. The molecule has 0 spiro atoms. The van der Waals surface area contributed by atoms with Gasteiger partial charge < -0.3 is 4.90 Å². The van der Waals surface area contributed by atoms with Crippen LogP contribution in [0.4, 0.5) is 5.69 Å². The summed E-state index contributed by atoms with van der Waals surface area (Å²) in [6.45, 7) is 0.878. The van der Waals surface area contributed by atoms with Gasteiger partial charge in [0.05, 0.1) is 0 Å². The minimum Gasteiger partial charge on any atom is -0.312 e. The van der Waals surface area contributed by atoms with Crippen LogP contribution in [0.25, 0.3) is 0 Å². The Labute approximate surface area is 116 Å². The Hall–Kier alpha value is -1.31. The number of carbonyl (C=O) groups excluding carboxylic acids is 1. The Morgan fingerprint density at radius 2 is 1.32 bits per heavy atom. The summed E-state index contributed by atoms with van der Waals surface area (Å²) in [6, 6.07) is 10.1. The van der Waals surface area contributed by atoms with Crippen LogP contribution in [0.1, 0.15) is 57.8 Å². The molecule has 1 fully saturated rings. The fourth-order valence-corrected chi connectivity index (χ4v) is 2.75. The van der Waals surface area contributed by atoms with Crippen molar-refractivity contribution >= 4 is 11.6 Å². The fraction of sp³-hybridized carbons (Fsp3) is 0.588. The van der Waals surface area contributed by atoms with E-state index in [9.17, 15) is 4.79 Å². The first-order chi connectivity index (χ1) is 9.38. The molecule has 2 rings (SSSR count). The number of benzene rings is 1. The number of anilines is 1. The standard InChI is InChI=1S/C17H25NO/c19-17-14-10-5-3-1-2-4-6-11-15-18(17)16-12-8-7-9-13-16/h7-9,12-13H,1-6,10-11,14-15H2. The van der Waals surface area contributed by atoms with Crippen molar-refractivity contribution < 1.29 is 4.79 Å². The van der Waals surface area contributed by atoms with E-state index >= 15 is 0 Å². The highest BCUT2D eigenvalue weighted by Gasteiger charge is 2.15. The molecule has 0 unspecified atom stereocenters. The van der Waals surface area contributed by atoms with Gasteiger partial charge in [0.1, 0.15) is 0 Å². The second-order valence-electron chi connectivity index (χ2n) is 5.46. The van der Waals surface area contributed by atoms with Crippen molar-refractivity contribution in [3.63, 3.8) is 0 Å². The van der Waals surface area contributed by atoms with Gasteiger partial charge in [-0.2, -0.15) is 0 Å². The Morgan fingerprint density at radius 1 is 0.737 bits per heavy atom. The molecule has 0 bridgehead atoms. The maximum absolute atomic E-state index is 12.4. The van der Waals surface area contributed by atoms with Crippen molar-refractivity contribution in [2.45, 2.75) is 57.8 Å². The van der Waals surface area contributed by atoms with Gasteiger partial charge in [0.2, 0.25) is 5.91 Å². The van der Waals surface area contributed by atoms with E-state index in [1.165, 1.54) is 38.5 Å². The summed E-state index contributed by atoms with van der Waals surface area (Å²) in [4.78, 5) is 14.3. The molecular formula is C17H25NO. The lowest BCUT2D eigenvalue weighted by atomic mass is 10.0. The van der Waals surface area contributed by atoms with Crippen molar-refractivity contribution in [1.82, 2.24) is 0 Å². The number of carbonyl (C=O) groups is 1. The van der Waals surface area contributed by atoms with E-state index in [-0.39, 0.29) is 0 Å². The van der Waals surface area contributed by atoms with Crippen LogP contribution in [0.5, 0.6) is 0 Å². The zero-order valence-electron chi connectivity index (χ0n) is 11.8. The first-order valence-corrected chi connectivity index (χ1v) is 7.73. The Morgan fingerprint density at radius 3 is 2.00 bits per heavy atom. The van der Waals surface area contributed by atoms with E-state index in [1.807, 2.05) is 35.2 Å². The van der Waals surface area contributed by atoms with Crippen LogP contribution in [-0.2, 0) is 4.79 Å². The average Bonchev–Trinajstić information content (AvgIpc) is 2.44. The molecule has 1 aliphatic rings. The van der Waals surface area contributed by atoms with E-state index < -0.39 is 0 Å². The highest BCUT2D eigenvalue weighted by Crippen LogP contribution is 2.19. The van der Waals surface area contributed by atoms with Crippen LogP contribution in [0, 0.1) is 0 Å². The molecule has 104 valence electrons. The van der Waals surface area contributed by atoms with E-state index in [4.69, 9.17) is 0 Å². The maximum atomic E-state index is 12.4. The van der Waals surface area contributed by atoms with Crippen molar-refractivity contribution in [3.8, 4) is 0 Å². The first kappa shape index (κ1) is 14.1. The lowest BCUT2D eigenvalue weighted by Crippen LogP contribution is -2.31. The van der Waals surface area contributed by atoms with Gasteiger partial charge in [0.25, 0.3) is 0 Å². The Balaban J connectivity index is 2.01. The molecule has 1 aliphatic heterocycles. The molecular weight excluding hydrogens is 234 g/mol. The topological polar surface area (TPSA) is 20.3 Å². The highest BCUT2D eigenvalue weighted by atomic mass is 16.2. The summed E-state index contributed by atoms with van der Waals surface area (Å²) < 4.78 is 0. The second-order valence-corrected chi connectivity index (χ2v) is 5.46. The molecule has 0 saturated carbocycles. The number of rotatable bonds is 1. The lowest BCUT2D eigenvalue weighted by molar-refractivity contribution is -0.118. The summed E-state index contributed by atoms with van der Waals surface area (Å²) in [6.07, 6.45) is 10.6. The van der Waals surface area contributed by atoms with Crippen molar-refractivity contribution in [2.24, 2.45) is 0 Å². The SMILES string of the molecule is O=C1CCCCCCCCCCN1c1ccccc1. The second kappa shape index (κ2) is 7.98. The van der Waals surface area contributed by atoms with Crippen LogP contribution in [0.2, 0.25) is 0 Å². The zero-order valence-corrected chi connectivity index (χ0v) is 11.8. The van der Waals surface area contributed by atoms with Crippen LogP contribution >= 0.6 is 0 Å². The third-order valence-corrected chi connectivity index (χ3v) is 3.89. The zero-order chi connectivity index (χ0) is 13.3. The predicted molar refractivity (Wildman–Crippen MR) is 80.3 cm³/mol. The quantitative estimate of drug-likeness (QED) is 0.725. The normalized spacial score (nSPS) is 19.6. The number of nitrogens with zero attached hydrogens (tertiary/aromatic N) is 1. The maximum Gasteiger partial charge on any atom is 0.226 e. The van der Waals surface area contributed by atoms with Gasteiger partial charge >= 0.3 is 0 Å². The van der Waals surface area contributed by atoms with E-state index in [1.54, 1.807) is 0 Å². The Kier molecular flexibility index (Phi) is 5.93. The monoisotopic (exact) mass is 259 g/mol. The Bertz CT molecular complexity index is 374. The summed E-state index contributed by atoms with van der Waals surface area (Å²) in [5.41, 5.74) is 1.06. The molecule has 1 aromatic rings. The summed E-state index contributed by atoms with van der Waals surface area (Å²) in [5, 5.41) is 0. The first-order valence-electron chi connectivity index (χ1n) is 7.73. The van der Waals surface area contributed by atoms with Crippen LogP contribution in [0.3, 0.4) is 0 Å². The number of para-hydroxylation sites is 1. The molecule has 0 aliphatic carbocycles. The molecule has 0 radical (unpaired) electrons. The fourth-order valence-electron chi connectivity index (χ4n) is 2.75. The van der Waals surface area contributed by atoms with Gasteiger partial charge in [-0.05, 0) is 25.0 Å². The van der Waals surface area contributed by atoms with Gasteiger partial charge in [-0.15, -0.1) is 0 Å². The van der Waals surface area contributed by atoms with E-state index in [2.05, 4.69) is 0 Å². The minimum atomic E-state index is 0.298. The summed E-state index contributed by atoms with van der Waals surface area (Å²) in [5.74, 6) is 0.298. The molecule has 1 aromatic carbocycles. The molecule has 1 amide bonds. The molecule has 1 saturated heterocycles. The molecule has 0 aromatic heterocycles. The molecule has 0 atom stereocenters. The van der Waals surface area contributed by atoms with Gasteiger partial charge in [0, 0.05) is 18.7 Å². The van der Waals surface area contributed by atoms with Crippen LogP contribution in [-0.4, -0.2) is 12.5 Å². The van der Waals surface area contributed by atoms with Crippen LogP contribution < -0.4 is 4.90 Å². The largest absolute Gasteiger partial charge is 0.312 e. The van der Waals surface area contributed by atoms with Gasteiger partial charge in [-0.25, -0.2) is 0 Å². The number of amides is 1. The van der Waals surface area contributed by atoms with Crippen LogP contribution in [0.15, 0.2) is 30.3 Å². The van der Waals surface area contributed by atoms with Gasteiger partial charge in [0.15, 0.2) is 0 Å². The molecule has 19 heavy (non-hydrogen) atoms. The minimum absolute atomic E-state index is 0.298. The highest BCUT2D eigenvalue weighted by molar-refractivity contribution is 5.93. The summed E-state index contributed by atoms with van der Waals surface area (Å²) >= 11 is 0. The molecule has 1 heterocycles. The van der Waals surface area contributed by atoms with E-state index in [0.29, 0.717) is 12.3 Å². The van der Waals surface area contributed by atoms with E-state index in [0.717, 1.165) is 25.1 Å². The smallest absolute Gasteiger partial charge is 0.226 e. The molecule has 2 nitrogen and oxygen atoms in total. The van der Waals surface area contributed by atoms with Gasteiger partial charge in [-0.1, -0.05) is 56.7 Å². The lowest BCUT2D eigenvalue weighted by Gasteiger charge is -2.23. The van der Waals surface area contributed by atoms with Crippen molar-refractivity contribution in [3.05, 3.63) is 30.3 Å².